The second kappa shape index (κ2) is 9.21. The molecule has 2 atom stereocenters. The number of ether oxygens (including phenoxy) is 2. The lowest BCUT2D eigenvalue weighted by Crippen LogP contribution is -2.49. The molecule has 1 amide bonds. The van der Waals surface area contributed by atoms with Crippen LogP contribution in [0.3, 0.4) is 0 Å². The van der Waals surface area contributed by atoms with Crippen molar-refractivity contribution in [1.29, 1.82) is 0 Å². The SMILES string of the molecule is C=C(C)[C@@H]1CC2(CCN(C(=O)OC(C)(C)C)CC2)CO[C@H]1c1c(-c2ccccc2)nn(C)c1C. The first-order valence-corrected chi connectivity index (χ1v) is 12.3. The summed E-state index contributed by atoms with van der Waals surface area (Å²) in [7, 11) is 2.00. The predicted molar refractivity (Wildman–Crippen MR) is 134 cm³/mol. The zero-order valence-electron chi connectivity index (χ0n) is 21.6. The van der Waals surface area contributed by atoms with Gasteiger partial charge in [0.05, 0.1) is 18.4 Å². The van der Waals surface area contributed by atoms with E-state index >= 15 is 0 Å². The molecule has 0 aliphatic carbocycles. The van der Waals surface area contributed by atoms with Gasteiger partial charge in [-0.15, -0.1) is 0 Å². The van der Waals surface area contributed by atoms with Crippen molar-refractivity contribution >= 4 is 6.09 Å². The highest BCUT2D eigenvalue weighted by Crippen LogP contribution is 2.51. The molecule has 2 aliphatic rings. The molecule has 2 aliphatic heterocycles. The average molecular weight is 466 g/mol. The monoisotopic (exact) mass is 465 g/mol. The van der Waals surface area contributed by atoms with E-state index in [-0.39, 0.29) is 23.5 Å². The van der Waals surface area contributed by atoms with Gasteiger partial charge in [0.1, 0.15) is 5.60 Å². The maximum Gasteiger partial charge on any atom is 0.410 e. The van der Waals surface area contributed by atoms with Crippen molar-refractivity contribution in [3.8, 4) is 11.3 Å². The molecule has 1 spiro atoms. The molecule has 4 rings (SSSR count). The molecule has 0 bridgehead atoms. The number of carbonyl (C=O) groups is 1. The molecule has 0 saturated carbocycles. The maximum absolute atomic E-state index is 12.6. The zero-order valence-corrected chi connectivity index (χ0v) is 21.6. The lowest BCUT2D eigenvalue weighted by molar-refractivity contribution is -0.111. The van der Waals surface area contributed by atoms with E-state index in [2.05, 4.69) is 44.7 Å². The molecule has 2 saturated heterocycles. The van der Waals surface area contributed by atoms with Crippen molar-refractivity contribution in [2.24, 2.45) is 18.4 Å². The zero-order chi connectivity index (χ0) is 24.7. The van der Waals surface area contributed by atoms with E-state index in [0.717, 1.165) is 41.8 Å². The normalized spacial score (nSPS) is 22.6. The van der Waals surface area contributed by atoms with E-state index in [1.165, 1.54) is 5.56 Å². The number of amides is 1. The Balaban J connectivity index is 1.55. The predicted octanol–water partition coefficient (Wildman–Crippen LogP) is 6.07. The van der Waals surface area contributed by atoms with Crippen molar-refractivity contribution < 1.29 is 14.3 Å². The molecule has 0 N–H and O–H groups in total. The number of benzene rings is 1. The number of aryl methyl sites for hydroxylation is 1. The number of hydrogen-bond acceptors (Lipinski definition) is 4. The minimum Gasteiger partial charge on any atom is -0.444 e. The number of hydrogen-bond donors (Lipinski definition) is 0. The van der Waals surface area contributed by atoms with E-state index in [4.69, 9.17) is 14.6 Å². The smallest absolute Gasteiger partial charge is 0.410 e. The fourth-order valence-corrected chi connectivity index (χ4v) is 5.35. The molecule has 6 heteroatoms. The first kappa shape index (κ1) is 24.5. The Bertz CT molecular complexity index is 1040. The number of carbonyl (C=O) groups excluding carboxylic acids is 1. The van der Waals surface area contributed by atoms with Crippen LogP contribution in [-0.4, -0.2) is 46.1 Å². The fourth-order valence-electron chi connectivity index (χ4n) is 5.35. The van der Waals surface area contributed by atoms with E-state index in [1.54, 1.807) is 0 Å². The summed E-state index contributed by atoms with van der Waals surface area (Å²) in [6, 6.07) is 10.3. The van der Waals surface area contributed by atoms with E-state index < -0.39 is 5.60 Å². The van der Waals surface area contributed by atoms with Crippen LogP contribution in [0.25, 0.3) is 11.3 Å². The van der Waals surface area contributed by atoms with Gasteiger partial charge >= 0.3 is 6.09 Å². The molecule has 3 heterocycles. The fraction of sp³-hybridized carbons (Fsp3) is 0.571. The third-order valence-electron chi connectivity index (χ3n) is 7.41. The molecule has 6 nitrogen and oxygen atoms in total. The number of nitrogens with zero attached hydrogens (tertiary/aromatic N) is 3. The Hall–Kier alpha value is -2.60. The summed E-state index contributed by atoms with van der Waals surface area (Å²) in [5.41, 5.74) is 5.12. The minimum atomic E-state index is -0.476. The minimum absolute atomic E-state index is 0.0572. The summed E-state index contributed by atoms with van der Waals surface area (Å²) in [6.45, 7) is 16.4. The van der Waals surface area contributed by atoms with Crippen LogP contribution < -0.4 is 0 Å². The molecule has 184 valence electrons. The van der Waals surface area contributed by atoms with Gasteiger partial charge in [-0.1, -0.05) is 42.5 Å². The van der Waals surface area contributed by atoms with Crippen molar-refractivity contribution in [3.63, 3.8) is 0 Å². The summed E-state index contributed by atoms with van der Waals surface area (Å²) in [4.78, 5) is 14.4. The van der Waals surface area contributed by atoms with Crippen LogP contribution in [0.1, 0.15) is 64.3 Å². The van der Waals surface area contributed by atoms with Crippen molar-refractivity contribution in [3.05, 3.63) is 53.7 Å². The Kier molecular flexibility index (Phi) is 6.65. The third kappa shape index (κ3) is 4.92. The standard InChI is InChI=1S/C28H39N3O3/c1-19(2)22-17-28(13-15-31(16-14-28)26(32)34-27(4,5)6)18-33-25(22)23-20(3)30(7)29-24(23)21-11-9-8-10-12-21/h8-12,22,25H,1,13-18H2,2-7H3/t22-,25+/m0/s1. The van der Waals surface area contributed by atoms with E-state index in [0.29, 0.717) is 19.7 Å². The van der Waals surface area contributed by atoms with Gasteiger partial charge in [0, 0.05) is 42.9 Å². The van der Waals surface area contributed by atoms with Crippen molar-refractivity contribution in [1.82, 2.24) is 14.7 Å². The average Bonchev–Trinajstić information content (AvgIpc) is 3.08. The molecular weight excluding hydrogens is 426 g/mol. The number of rotatable bonds is 3. The Morgan fingerprint density at radius 2 is 1.85 bits per heavy atom. The molecular formula is C28H39N3O3. The van der Waals surface area contributed by atoms with Crippen LogP contribution in [0.4, 0.5) is 4.79 Å². The molecule has 1 aromatic carbocycles. The van der Waals surface area contributed by atoms with Crippen LogP contribution in [0, 0.1) is 18.3 Å². The molecule has 34 heavy (non-hydrogen) atoms. The summed E-state index contributed by atoms with van der Waals surface area (Å²) in [6.07, 6.45) is 2.56. The van der Waals surface area contributed by atoms with Gasteiger partial charge in [-0.2, -0.15) is 5.10 Å². The van der Waals surface area contributed by atoms with Gasteiger partial charge in [0.2, 0.25) is 0 Å². The quantitative estimate of drug-likeness (QED) is 0.517. The molecule has 2 aromatic rings. The summed E-state index contributed by atoms with van der Waals surface area (Å²) < 4.78 is 14.3. The second-order valence-electron chi connectivity index (χ2n) is 11.2. The summed E-state index contributed by atoms with van der Waals surface area (Å²) in [5, 5.41) is 4.86. The van der Waals surface area contributed by atoms with E-state index in [9.17, 15) is 4.79 Å². The summed E-state index contributed by atoms with van der Waals surface area (Å²) in [5.74, 6) is 0.201. The number of likely N-dealkylation sites (tertiary alicyclic amines) is 1. The van der Waals surface area contributed by atoms with Crippen LogP contribution in [0.2, 0.25) is 0 Å². The van der Waals surface area contributed by atoms with Gasteiger partial charge < -0.3 is 14.4 Å². The lowest BCUT2D eigenvalue weighted by Gasteiger charge is -2.49. The van der Waals surface area contributed by atoms with Crippen molar-refractivity contribution in [2.75, 3.05) is 19.7 Å². The topological polar surface area (TPSA) is 56.6 Å². The van der Waals surface area contributed by atoms with Gasteiger partial charge in [-0.25, -0.2) is 4.79 Å². The highest BCUT2D eigenvalue weighted by molar-refractivity contribution is 5.68. The Morgan fingerprint density at radius 3 is 2.44 bits per heavy atom. The number of piperidine rings is 1. The Labute approximate surface area is 203 Å². The van der Waals surface area contributed by atoms with Crippen molar-refractivity contribution in [2.45, 2.75) is 65.6 Å². The van der Waals surface area contributed by atoms with Gasteiger partial charge in [-0.3, -0.25) is 4.68 Å². The molecule has 0 unspecified atom stereocenters. The molecule has 2 fully saturated rings. The highest BCUT2D eigenvalue weighted by Gasteiger charge is 2.46. The van der Waals surface area contributed by atoms with Gasteiger partial charge in [0.15, 0.2) is 0 Å². The first-order chi connectivity index (χ1) is 16.0. The largest absolute Gasteiger partial charge is 0.444 e. The highest BCUT2D eigenvalue weighted by atomic mass is 16.6. The second-order valence-corrected chi connectivity index (χ2v) is 11.2. The van der Waals surface area contributed by atoms with Crippen LogP contribution in [0.15, 0.2) is 42.5 Å². The third-order valence-corrected chi connectivity index (χ3v) is 7.41. The van der Waals surface area contributed by atoms with Gasteiger partial charge in [0.25, 0.3) is 0 Å². The van der Waals surface area contributed by atoms with Crippen LogP contribution in [-0.2, 0) is 16.5 Å². The van der Waals surface area contributed by atoms with E-state index in [1.807, 2.05) is 43.5 Å². The Morgan fingerprint density at radius 1 is 1.21 bits per heavy atom. The van der Waals surface area contributed by atoms with Gasteiger partial charge in [-0.05, 0) is 59.3 Å². The molecule has 1 aromatic heterocycles. The van der Waals surface area contributed by atoms with Crippen LogP contribution in [0.5, 0.6) is 0 Å². The lowest BCUT2D eigenvalue weighted by atomic mass is 9.67. The summed E-state index contributed by atoms with van der Waals surface area (Å²) >= 11 is 0. The van der Waals surface area contributed by atoms with Crippen LogP contribution >= 0.6 is 0 Å². The first-order valence-electron chi connectivity index (χ1n) is 12.3. The maximum atomic E-state index is 12.6. The molecule has 0 radical (unpaired) electrons. The number of aromatic nitrogens is 2.